The number of hydrogen-bond donors (Lipinski definition) is 1. The van der Waals surface area contributed by atoms with E-state index in [4.69, 9.17) is 4.74 Å². The van der Waals surface area contributed by atoms with Gasteiger partial charge in [-0.25, -0.2) is 4.79 Å². The van der Waals surface area contributed by atoms with Crippen LogP contribution in [0, 0.1) is 6.92 Å². The van der Waals surface area contributed by atoms with E-state index >= 15 is 0 Å². The molecule has 0 spiro atoms. The molecule has 0 saturated heterocycles. The summed E-state index contributed by atoms with van der Waals surface area (Å²) in [4.78, 5) is 21.9. The van der Waals surface area contributed by atoms with Crippen molar-refractivity contribution in [3.05, 3.63) is 27.7 Å². The number of nitrogens with one attached hydrogen (secondary N) is 1. The van der Waals surface area contributed by atoms with E-state index in [-0.39, 0.29) is 5.97 Å². The Bertz CT molecular complexity index is 395. The van der Waals surface area contributed by atoms with Crippen LogP contribution in [0.2, 0.25) is 0 Å². The number of ether oxygens (including phenoxy) is 1. The number of hydrogen-bond acceptors (Lipinski definition) is 3. The van der Waals surface area contributed by atoms with Gasteiger partial charge in [0.15, 0.2) is 0 Å². The molecule has 0 fully saturated rings. The molecule has 4 nitrogen and oxygen atoms in total. The molecule has 0 aromatic heterocycles. The molecule has 0 bridgehead atoms. The molecule has 0 heterocycles. The first-order chi connectivity index (χ1) is 7.60. The van der Waals surface area contributed by atoms with Crippen LogP contribution in [0.25, 0.3) is 0 Å². The quantitative estimate of drug-likeness (QED) is 0.683. The van der Waals surface area contributed by atoms with Crippen LogP contribution in [0.3, 0.4) is 0 Å². The fourth-order valence-electron chi connectivity index (χ4n) is 1.32. The average Bonchev–Trinajstić information content (AvgIpc) is 2.23. The Morgan fingerprint density at radius 2 is 2.25 bits per heavy atom. The van der Waals surface area contributed by atoms with Crippen molar-refractivity contribution in [1.29, 1.82) is 0 Å². The van der Waals surface area contributed by atoms with E-state index < -0.39 is 0 Å². The van der Waals surface area contributed by atoms with Gasteiger partial charge in [-0.1, -0.05) is 0 Å². The second-order valence-electron chi connectivity index (χ2n) is 3.13. The van der Waals surface area contributed by atoms with Crippen molar-refractivity contribution in [2.75, 3.05) is 11.9 Å². The maximum absolute atomic E-state index is 11.5. The van der Waals surface area contributed by atoms with Crippen molar-refractivity contribution < 1.29 is 14.3 Å². The Labute approximate surface area is 102 Å². The lowest BCUT2D eigenvalue weighted by Crippen LogP contribution is -2.06. The van der Waals surface area contributed by atoms with E-state index in [1.54, 1.807) is 26.0 Å². The average molecular weight is 286 g/mol. The number of benzene rings is 1. The van der Waals surface area contributed by atoms with Crippen LogP contribution in [0.4, 0.5) is 5.69 Å². The minimum atomic E-state index is -0.371. The van der Waals surface area contributed by atoms with E-state index in [9.17, 15) is 9.59 Å². The van der Waals surface area contributed by atoms with E-state index in [0.717, 1.165) is 5.56 Å². The highest BCUT2D eigenvalue weighted by molar-refractivity contribution is 9.10. The summed E-state index contributed by atoms with van der Waals surface area (Å²) in [6.45, 7) is 3.89. The molecule has 5 heteroatoms. The molecule has 1 aromatic carbocycles. The van der Waals surface area contributed by atoms with Crippen molar-refractivity contribution in [2.45, 2.75) is 13.8 Å². The minimum absolute atomic E-state index is 0.337. The lowest BCUT2D eigenvalue weighted by molar-refractivity contribution is -0.105. The monoisotopic (exact) mass is 285 g/mol. The molecule has 1 rings (SSSR count). The Kier molecular flexibility index (Phi) is 4.49. The molecule has 0 aliphatic rings. The molecule has 1 N–H and O–H groups in total. The Morgan fingerprint density at radius 3 is 2.75 bits per heavy atom. The molecular formula is C11H12BrNO3. The van der Waals surface area contributed by atoms with Gasteiger partial charge in [0.05, 0.1) is 17.9 Å². The molecule has 0 atom stereocenters. The van der Waals surface area contributed by atoms with Crippen LogP contribution >= 0.6 is 15.9 Å². The van der Waals surface area contributed by atoms with Crippen LogP contribution in [-0.4, -0.2) is 19.0 Å². The number of rotatable bonds is 4. The Balaban J connectivity index is 3.08. The highest BCUT2D eigenvalue weighted by atomic mass is 79.9. The number of aryl methyl sites for hydroxylation is 1. The predicted octanol–water partition coefficient (Wildman–Crippen LogP) is 2.50. The molecule has 0 unspecified atom stereocenters. The summed E-state index contributed by atoms with van der Waals surface area (Å²) in [5, 5.41) is 2.56. The largest absolute Gasteiger partial charge is 0.462 e. The number of anilines is 1. The zero-order chi connectivity index (χ0) is 12.1. The first-order valence-electron chi connectivity index (χ1n) is 4.77. The topological polar surface area (TPSA) is 55.4 Å². The third kappa shape index (κ3) is 2.82. The van der Waals surface area contributed by atoms with Gasteiger partial charge < -0.3 is 10.1 Å². The van der Waals surface area contributed by atoms with Crippen LogP contribution < -0.4 is 5.32 Å². The lowest BCUT2D eigenvalue weighted by Gasteiger charge is -2.09. The third-order valence-electron chi connectivity index (χ3n) is 2.00. The molecule has 86 valence electrons. The van der Waals surface area contributed by atoms with Gasteiger partial charge in [-0.2, -0.15) is 0 Å². The van der Waals surface area contributed by atoms with Crippen molar-refractivity contribution in [3.8, 4) is 0 Å². The van der Waals surface area contributed by atoms with Crippen molar-refractivity contribution in [1.82, 2.24) is 0 Å². The highest BCUT2D eigenvalue weighted by Gasteiger charge is 2.11. The third-order valence-corrected chi connectivity index (χ3v) is 2.63. The lowest BCUT2D eigenvalue weighted by atomic mass is 10.1. The number of esters is 1. The summed E-state index contributed by atoms with van der Waals surface area (Å²) in [7, 11) is 0. The Hall–Kier alpha value is -1.36. The summed E-state index contributed by atoms with van der Waals surface area (Å²) in [6, 6.07) is 3.30. The number of amides is 1. The summed E-state index contributed by atoms with van der Waals surface area (Å²) in [6.07, 6.45) is 0.594. The predicted molar refractivity (Wildman–Crippen MR) is 64.5 cm³/mol. The first kappa shape index (κ1) is 12.7. The van der Waals surface area contributed by atoms with E-state index in [0.29, 0.717) is 28.7 Å². The highest BCUT2D eigenvalue weighted by Crippen LogP contribution is 2.27. The SMILES string of the molecule is CCOC(=O)c1cc(C)c(NC=O)c(Br)c1. The van der Waals surface area contributed by atoms with Gasteiger partial charge in [0.25, 0.3) is 0 Å². The maximum atomic E-state index is 11.5. The van der Waals surface area contributed by atoms with Gasteiger partial charge in [0, 0.05) is 4.47 Å². The van der Waals surface area contributed by atoms with Gasteiger partial charge in [-0.15, -0.1) is 0 Å². The summed E-state index contributed by atoms with van der Waals surface area (Å²) < 4.78 is 5.54. The van der Waals surface area contributed by atoms with E-state index in [1.165, 1.54) is 0 Å². The fraction of sp³-hybridized carbons (Fsp3) is 0.273. The molecule has 16 heavy (non-hydrogen) atoms. The molecule has 1 aromatic rings. The van der Waals surface area contributed by atoms with E-state index in [1.807, 2.05) is 0 Å². The molecular weight excluding hydrogens is 274 g/mol. The maximum Gasteiger partial charge on any atom is 0.338 e. The van der Waals surface area contributed by atoms with Crippen molar-refractivity contribution in [3.63, 3.8) is 0 Å². The van der Waals surface area contributed by atoms with Crippen LogP contribution in [-0.2, 0) is 9.53 Å². The second kappa shape index (κ2) is 5.65. The van der Waals surface area contributed by atoms with Crippen LogP contribution in [0.5, 0.6) is 0 Å². The zero-order valence-electron chi connectivity index (χ0n) is 9.04. The van der Waals surface area contributed by atoms with Gasteiger partial charge in [-0.05, 0) is 47.5 Å². The zero-order valence-corrected chi connectivity index (χ0v) is 10.6. The van der Waals surface area contributed by atoms with Gasteiger partial charge in [0.2, 0.25) is 6.41 Å². The van der Waals surface area contributed by atoms with Gasteiger partial charge >= 0.3 is 5.97 Å². The smallest absolute Gasteiger partial charge is 0.338 e. The van der Waals surface area contributed by atoms with Gasteiger partial charge in [-0.3, -0.25) is 4.79 Å². The van der Waals surface area contributed by atoms with Crippen molar-refractivity contribution >= 4 is 34.0 Å². The Morgan fingerprint density at radius 1 is 1.56 bits per heavy atom. The standard InChI is InChI=1S/C11H12BrNO3/c1-3-16-11(15)8-4-7(2)10(13-6-14)9(12)5-8/h4-6H,3H2,1-2H3,(H,13,14). The molecule has 1 amide bonds. The number of carbonyl (C=O) groups is 2. The van der Waals surface area contributed by atoms with Crippen molar-refractivity contribution in [2.24, 2.45) is 0 Å². The van der Waals surface area contributed by atoms with E-state index in [2.05, 4.69) is 21.2 Å². The first-order valence-corrected chi connectivity index (χ1v) is 5.57. The normalized spacial score (nSPS) is 9.69. The molecule has 0 aliphatic heterocycles. The fourth-order valence-corrected chi connectivity index (χ4v) is 1.99. The second-order valence-corrected chi connectivity index (χ2v) is 3.99. The minimum Gasteiger partial charge on any atom is -0.462 e. The van der Waals surface area contributed by atoms with Crippen LogP contribution in [0.15, 0.2) is 16.6 Å². The summed E-state index contributed by atoms with van der Waals surface area (Å²) >= 11 is 3.29. The molecule has 0 saturated carbocycles. The summed E-state index contributed by atoms with van der Waals surface area (Å²) in [5.74, 6) is -0.371. The number of halogens is 1. The van der Waals surface area contributed by atoms with Gasteiger partial charge in [0.1, 0.15) is 0 Å². The molecule has 0 aliphatic carbocycles. The van der Waals surface area contributed by atoms with Crippen LogP contribution in [0.1, 0.15) is 22.8 Å². The molecule has 0 radical (unpaired) electrons. The summed E-state index contributed by atoms with van der Waals surface area (Å²) in [5.41, 5.74) is 1.91. The number of carbonyl (C=O) groups excluding carboxylic acids is 2.